The van der Waals surface area contributed by atoms with Crippen LogP contribution in [0.3, 0.4) is 0 Å². The summed E-state index contributed by atoms with van der Waals surface area (Å²) in [6.45, 7) is 1.73. The van der Waals surface area contributed by atoms with Gasteiger partial charge in [0.2, 0.25) is 0 Å². The van der Waals surface area contributed by atoms with E-state index in [0.29, 0.717) is 5.69 Å². The summed E-state index contributed by atoms with van der Waals surface area (Å²) in [5.41, 5.74) is 2.95. The fourth-order valence-electron chi connectivity index (χ4n) is 2.44. The zero-order chi connectivity index (χ0) is 14.8. The fraction of sp³-hybridized carbons (Fsp3) is 0.188. The summed E-state index contributed by atoms with van der Waals surface area (Å²) in [4.78, 5) is 12.1. The zero-order valence-electron chi connectivity index (χ0n) is 11.3. The second-order valence-corrected chi connectivity index (χ2v) is 5.03. The highest BCUT2D eigenvalue weighted by Crippen LogP contribution is 2.21. The molecule has 0 aliphatic carbocycles. The number of fused-ring (bicyclic) bond motifs is 1. The van der Waals surface area contributed by atoms with E-state index in [-0.39, 0.29) is 11.3 Å². The number of carbonyl (C=O) groups is 1. The molecule has 0 spiro atoms. The smallest absolute Gasteiger partial charge is 0.258 e. The second kappa shape index (κ2) is 5.54. The third-order valence-corrected chi connectivity index (χ3v) is 3.55. The molecule has 0 fully saturated rings. The summed E-state index contributed by atoms with van der Waals surface area (Å²) in [6.07, 6.45) is 0.968. The Bertz CT molecular complexity index is 701. The summed E-state index contributed by atoms with van der Waals surface area (Å²) < 4.78 is 13.6. The monoisotopic (exact) mass is 286 g/mol. The van der Waals surface area contributed by atoms with E-state index in [0.717, 1.165) is 31.1 Å². The molecule has 1 heterocycles. The van der Waals surface area contributed by atoms with Crippen molar-refractivity contribution in [2.75, 3.05) is 11.9 Å². The molecule has 3 rings (SSSR count). The molecular weight excluding hydrogens is 271 g/mol. The van der Waals surface area contributed by atoms with Gasteiger partial charge in [-0.1, -0.05) is 6.07 Å². The molecule has 0 unspecified atom stereocenters. The first-order valence-electron chi connectivity index (χ1n) is 6.76. The molecule has 0 saturated carbocycles. The number of hydrogen-bond donors (Lipinski definition) is 3. The molecular formula is C16H15FN2O2. The van der Waals surface area contributed by atoms with Gasteiger partial charge in [-0.15, -0.1) is 0 Å². The number of carbonyl (C=O) groups excluding carboxylic acids is 1. The van der Waals surface area contributed by atoms with Crippen LogP contribution >= 0.6 is 0 Å². The summed E-state index contributed by atoms with van der Waals surface area (Å²) in [5, 5.41) is 15.1. The first-order chi connectivity index (χ1) is 10.1. The number of amides is 1. The van der Waals surface area contributed by atoms with E-state index in [1.54, 1.807) is 0 Å². The van der Waals surface area contributed by atoms with Gasteiger partial charge >= 0.3 is 0 Å². The first-order valence-corrected chi connectivity index (χ1v) is 6.76. The van der Waals surface area contributed by atoms with Crippen LogP contribution in [-0.4, -0.2) is 17.6 Å². The number of benzene rings is 2. The molecule has 0 saturated heterocycles. The highest BCUT2D eigenvalue weighted by atomic mass is 19.1. The molecule has 0 bridgehead atoms. The molecule has 2 aromatic carbocycles. The Balaban J connectivity index is 1.81. The molecule has 0 aromatic heterocycles. The molecule has 4 nitrogen and oxygen atoms in total. The Morgan fingerprint density at radius 2 is 2.05 bits per heavy atom. The van der Waals surface area contributed by atoms with Crippen molar-refractivity contribution in [1.29, 1.82) is 0 Å². The van der Waals surface area contributed by atoms with Gasteiger partial charge in [0.1, 0.15) is 11.6 Å². The van der Waals surface area contributed by atoms with Crippen molar-refractivity contribution in [2.45, 2.75) is 13.0 Å². The van der Waals surface area contributed by atoms with Crippen LogP contribution in [0.4, 0.5) is 10.1 Å². The van der Waals surface area contributed by atoms with Crippen LogP contribution in [-0.2, 0) is 13.0 Å². The maximum absolute atomic E-state index is 13.6. The Labute approximate surface area is 121 Å². The van der Waals surface area contributed by atoms with Crippen LogP contribution in [0, 0.1) is 5.82 Å². The van der Waals surface area contributed by atoms with Gasteiger partial charge < -0.3 is 15.7 Å². The van der Waals surface area contributed by atoms with Crippen molar-refractivity contribution >= 4 is 11.6 Å². The van der Waals surface area contributed by atoms with Gasteiger partial charge in [0.05, 0.1) is 5.56 Å². The number of aromatic hydroxyl groups is 1. The van der Waals surface area contributed by atoms with Crippen LogP contribution in [0.5, 0.6) is 5.75 Å². The van der Waals surface area contributed by atoms with Crippen LogP contribution in [0.15, 0.2) is 36.4 Å². The topological polar surface area (TPSA) is 61.4 Å². The largest absolute Gasteiger partial charge is 0.508 e. The number of hydrogen-bond acceptors (Lipinski definition) is 3. The quantitative estimate of drug-likeness (QED) is 0.794. The third kappa shape index (κ3) is 2.87. The second-order valence-electron chi connectivity index (χ2n) is 5.03. The zero-order valence-corrected chi connectivity index (χ0v) is 11.3. The summed E-state index contributed by atoms with van der Waals surface area (Å²) >= 11 is 0. The number of anilines is 1. The summed E-state index contributed by atoms with van der Waals surface area (Å²) in [6, 6.07) is 9.18. The Morgan fingerprint density at radius 3 is 2.86 bits per heavy atom. The third-order valence-electron chi connectivity index (χ3n) is 3.55. The lowest BCUT2D eigenvalue weighted by Crippen LogP contribution is -2.23. The molecule has 5 heteroatoms. The molecule has 2 aromatic rings. The Hall–Kier alpha value is -2.40. The number of nitrogens with one attached hydrogen (secondary N) is 2. The standard InChI is InChI=1S/C16H15FN2O2/c17-15-8-13(20)3-4-14(15)16(21)19-12-2-1-10-5-6-18-9-11(10)7-12/h1-4,7-8,18,20H,5-6,9H2,(H,19,21). The van der Waals surface area contributed by atoms with E-state index in [9.17, 15) is 9.18 Å². The predicted molar refractivity (Wildman–Crippen MR) is 77.9 cm³/mol. The van der Waals surface area contributed by atoms with Crippen molar-refractivity contribution in [2.24, 2.45) is 0 Å². The van der Waals surface area contributed by atoms with Crippen molar-refractivity contribution in [3.05, 3.63) is 58.9 Å². The summed E-state index contributed by atoms with van der Waals surface area (Å²) in [5.74, 6) is -1.48. The Kier molecular flexibility index (Phi) is 3.58. The van der Waals surface area contributed by atoms with E-state index < -0.39 is 11.7 Å². The van der Waals surface area contributed by atoms with Gasteiger partial charge in [-0.2, -0.15) is 0 Å². The molecule has 0 atom stereocenters. The van der Waals surface area contributed by atoms with Crippen LogP contribution in [0.1, 0.15) is 21.5 Å². The van der Waals surface area contributed by atoms with E-state index in [1.165, 1.54) is 17.7 Å². The molecule has 1 aliphatic rings. The minimum Gasteiger partial charge on any atom is -0.508 e. The molecule has 1 aliphatic heterocycles. The van der Waals surface area contributed by atoms with Gasteiger partial charge in [0, 0.05) is 18.3 Å². The number of phenols is 1. The van der Waals surface area contributed by atoms with Crippen molar-refractivity contribution in [1.82, 2.24) is 5.32 Å². The van der Waals surface area contributed by atoms with E-state index in [4.69, 9.17) is 5.11 Å². The SMILES string of the molecule is O=C(Nc1ccc2c(c1)CNCC2)c1ccc(O)cc1F. The number of halogens is 1. The molecule has 21 heavy (non-hydrogen) atoms. The first kappa shape index (κ1) is 13.6. The van der Waals surface area contributed by atoms with E-state index in [1.807, 2.05) is 18.2 Å². The van der Waals surface area contributed by atoms with Crippen molar-refractivity contribution in [3.63, 3.8) is 0 Å². The van der Waals surface area contributed by atoms with Crippen molar-refractivity contribution in [3.8, 4) is 5.75 Å². The van der Waals surface area contributed by atoms with E-state index in [2.05, 4.69) is 10.6 Å². The van der Waals surface area contributed by atoms with Gasteiger partial charge in [-0.05, 0) is 48.4 Å². The van der Waals surface area contributed by atoms with Gasteiger partial charge in [0.25, 0.3) is 5.91 Å². The lowest BCUT2D eigenvalue weighted by Gasteiger charge is -2.18. The Morgan fingerprint density at radius 1 is 1.19 bits per heavy atom. The molecule has 0 radical (unpaired) electrons. The highest BCUT2D eigenvalue weighted by molar-refractivity contribution is 6.04. The average molecular weight is 286 g/mol. The van der Waals surface area contributed by atoms with Crippen LogP contribution in [0.25, 0.3) is 0 Å². The number of rotatable bonds is 2. The molecule has 1 amide bonds. The minimum atomic E-state index is -0.743. The lowest BCUT2D eigenvalue weighted by atomic mass is 10.0. The van der Waals surface area contributed by atoms with Gasteiger partial charge in [-0.25, -0.2) is 4.39 Å². The maximum Gasteiger partial charge on any atom is 0.258 e. The predicted octanol–water partition coefficient (Wildman–Crippen LogP) is 2.43. The minimum absolute atomic E-state index is 0.0938. The van der Waals surface area contributed by atoms with Crippen LogP contribution in [0.2, 0.25) is 0 Å². The highest BCUT2D eigenvalue weighted by Gasteiger charge is 2.14. The maximum atomic E-state index is 13.6. The number of phenolic OH excluding ortho intramolecular Hbond substituents is 1. The molecule has 3 N–H and O–H groups in total. The normalized spacial score (nSPS) is 13.6. The average Bonchev–Trinajstić information content (AvgIpc) is 2.47. The van der Waals surface area contributed by atoms with Gasteiger partial charge in [0.15, 0.2) is 0 Å². The van der Waals surface area contributed by atoms with Gasteiger partial charge in [-0.3, -0.25) is 4.79 Å². The van der Waals surface area contributed by atoms with E-state index >= 15 is 0 Å². The van der Waals surface area contributed by atoms with Crippen molar-refractivity contribution < 1.29 is 14.3 Å². The lowest BCUT2D eigenvalue weighted by molar-refractivity contribution is 0.102. The van der Waals surface area contributed by atoms with Crippen LogP contribution < -0.4 is 10.6 Å². The fourth-order valence-corrected chi connectivity index (χ4v) is 2.44. The molecule has 108 valence electrons. The summed E-state index contributed by atoms with van der Waals surface area (Å²) in [7, 11) is 0.